The minimum Gasteiger partial charge on any atom is -0.497 e. The third-order valence-corrected chi connectivity index (χ3v) is 8.80. The number of benzene rings is 4. The van der Waals surface area contributed by atoms with E-state index in [0.717, 1.165) is 62.8 Å². The topological polar surface area (TPSA) is 52.1 Å². The predicted octanol–water partition coefficient (Wildman–Crippen LogP) is 8.88. The summed E-state index contributed by atoms with van der Waals surface area (Å²) in [6.45, 7) is 2.87. The molecule has 0 saturated heterocycles. The number of rotatable bonds is 8. The summed E-state index contributed by atoms with van der Waals surface area (Å²) < 4.78 is 13.7. The van der Waals surface area contributed by atoms with E-state index in [1.54, 1.807) is 25.6 Å². The Bertz CT molecular complexity index is 2020. The first-order valence-electron chi connectivity index (χ1n) is 14.0. The van der Waals surface area contributed by atoms with E-state index in [1.165, 1.54) is 27.8 Å². The molecule has 0 spiro atoms. The summed E-state index contributed by atoms with van der Waals surface area (Å²) in [6, 6.07) is 33.9. The van der Waals surface area contributed by atoms with Gasteiger partial charge < -0.3 is 19.0 Å². The molecule has 6 heteroatoms. The van der Waals surface area contributed by atoms with Gasteiger partial charge >= 0.3 is 0 Å². The fourth-order valence-electron chi connectivity index (χ4n) is 5.93. The van der Waals surface area contributed by atoms with Crippen molar-refractivity contribution in [3.63, 3.8) is 0 Å². The van der Waals surface area contributed by atoms with Crippen molar-refractivity contribution >= 4 is 33.1 Å². The van der Waals surface area contributed by atoms with E-state index in [1.807, 2.05) is 6.07 Å². The van der Waals surface area contributed by atoms with Crippen molar-refractivity contribution in [3.8, 4) is 33.3 Å². The van der Waals surface area contributed by atoms with Crippen LogP contribution in [0.2, 0.25) is 0 Å². The SMILES string of the molecule is COc1ccc2[nH]c(C)c(-c3csc(-c4c(Cc5ccccc5)n(Cc5ccccc5)c5cc(OC)ccc45)n3)c2c1. The number of fused-ring (bicyclic) bond motifs is 2. The Hall–Kier alpha value is -4.81. The third-order valence-electron chi connectivity index (χ3n) is 7.94. The molecular weight excluding hydrogens is 538 g/mol. The molecule has 0 aliphatic heterocycles. The standard InChI is InChI=1S/C36H31N3O2S/c1-23-34(29-19-26(40-2)15-17-30(29)37-23)31-22-42-36(38-31)35-28-16-14-27(41-3)20-32(28)39(21-25-12-8-5-9-13-25)33(35)18-24-10-6-4-7-11-24/h4-17,19-20,22,37H,18,21H2,1-3H3. The summed E-state index contributed by atoms with van der Waals surface area (Å²) in [6.07, 6.45) is 0.790. The Morgan fingerprint density at radius 1 is 0.762 bits per heavy atom. The number of aromatic nitrogens is 3. The van der Waals surface area contributed by atoms with E-state index in [2.05, 4.69) is 113 Å². The maximum atomic E-state index is 5.69. The van der Waals surface area contributed by atoms with Gasteiger partial charge in [0.15, 0.2) is 0 Å². The largest absolute Gasteiger partial charge is 0.497 e. The highest BCUT2D eigenvalue weighted by Gasteiger charge is 2.23. The number of thiazole rings is 1. The first kappa shape index (κ1) is 26.1. The van der Waals surface area contributed by atoms with Gasteiger partial charge in [0, 0.05) is 63.2 Å². The molecule has 1 N–H and O–H groups in total. The lowest BCUT2D eigenvalue weighted by Gasteiger charge is -2.13. The lowest BCUT2D eigenvalue weighted by molar-refractivity contribution is 0.415. The number of nitrogens with zero attached hydrogens (tertiary/aromatic N) is 2. The van der Waals surface area contributed by atoms with Gasteiger partial charge in [0.05, 0.1) is 25.4 Å². The smallest absolute Gasteiger partial charge is 0.126 e. The second-order valence-electron chi connectivity index (χ2n) is 10.5. The van der Waals surface area contributed by atoms with Crippen LogP contribution in [-0.2, 0) is 13.0 Å². The van der Waals surface area contributed by atoms with Crippen LogP contribution in [0.25, 0.3) is 43.6 Å². The molecule has 7 rings (SSSR count). The van der Waals surface area contributed by atoms with E-state index in [0.29, 0.717) is 0 Å². The maximum absolute atomic E-state index is 5.69. The van der Waals surface area contributed by atoms with Crippen LogP contribution in [0.4, 0.5) is 0 Å². The van der Waals surface area contributed by atoms with Crippen LogP contribution >= 0.6 is 11.3 Å². The number of methoxy groups -OCH3 is 2. The second kappa shape index (κ2) is 10.9. The monoisotopic (exact) mass is 569 g/mol. The Labute approximate surface area is 249 Å². The molecule has 0 fully saturated rings. The van der Waals surface area contributed by atoms with Gasteiger partial charge in [0.25, 0.3) is 0 Å². The molecule has 5 nitrogen and oxygen atoms in total. The van der Waals surface area contributed by atoms with Crippen molar-refractivity contribution in [1.29, 1.82) is 0 Å². The summed E-state index contributed by atoms with van der Waals surface area (Å²) in [5.41, 5.74) is 10.3. The molecular formula is C36H31N3O2S. The number of ether oxygens (including phenoxy) is 2. The molecule has 3 aromatic heterocycles. The number of aromatic amines is 1. The lowest BCUT2D eigenvalue weighted by atomic mass is 10.0. The molecule has 0 atom stereocenters. The van der Waals surface area contributed by atoms with Gasteiger partial charge in [-0.2, -0.15) is 0 Å². The van der Waals surface area contributed by atoms with Gasteiger partial charge in [0.1, 0.15) is 16.5 Å². The average Bonchev–Trinajstić information content (AvgIpc) is 3.71. The van der Waals surface area contributed by atoms with Crippen molar-refractivity contribution in [1.82, 2.24) is 14.5 Å². The summed E-state index contributed by atoms with van der Waals surface area (Å²) >= 11 is 1.70. The lowest BCUT2D eigenvalue weighted by Crippen LogP contribution is -2.06. The Kier molecular flexibility index (Phi) is 6.76. The average molecular weight is 570 g/mol. The molecule has 3 heterocycles. The van der Waals surface area contributed by atoms with E-state index in [9.17, 15) is 0 Å². The molecule has 0 aliphatic carbocycles. The molecule has 0 bridgehead atoms. The molecule has 0 saturated carbocycles. The summed E-state index contributed by atoms with van der Waals surface area (Å²) in [5.74, 6) is 1.68. The van der Waals surface area contributed by atoms with Crippen molar-refractivity contribution in [2.45, 2.75) is 19.9 Å². The van der Waals surface area contributed by atoms with Crippen molar-refractivity contribution in [3.05, 3.63) is 125 Å². The van der Waals surface area contributed by atoms with E-state index in [4.69, 9.17) is 14.5 Å². The summed E-state index contributed by atoms with van der Waals surface area (Å²) in [4.78, 5) is 8.85. The molecule has 0 radical (unpaired) electrons. The van der Waals surface area contributed by atoms with Gasteiger partial charge in [0.2, 0.25) is 0 Å². The minimum atomic E-state index is 0.756. The third kappa shape index (κ3) is 4.64. The van der Waals surface area contributed by atoms with Gasteiger partial charge in [-0.1, -0.05) is 60.7 Å². The van der Waals surface area contributed by atoms with E-state index < -0.39 is 0 Å². The van der Waals surface area contributed by atoms with Crippen LogP contribution in [0.5, 0.6) is 11.5 Å². The maximum Gasteiger partial charge on any atom is 0.126 e. The fraction of sp³-hybridized carbons (Fsp3) is 0.139. The van der Waals surface area contributed by atoms with Gasteiger partial charge in [-0.3, -0.25) is 0 Å². The minimum absolute atomic E-state index is 0.756. The predicted molar refractivity (Wildman–Crippen MR) is 173 cm³/mol. The summed E-state index contributed by atoms with van der Waals surface area (Å²) in [5, 5.41) is 5.48. The fourth-order valence-corrected chi connectivity index (χ4v) is 6.82. The van der Waals surface area contributed by atoms with Gasteiger partial charge in [-0.15, -0.1) is 11.3 Å². The van der Waals surface area contributed by atoms with Gasteiger partial charge in [-0.25, -0.2) is 4.98 Å². The number of aryl methyl sites for hydroxylation is 1. The number of hydrogen-bond acceptors (Lipinski definition) is 4. The quantitative estimate of drug-likeness (QED) is 0.199. The summed E-state index contributed by atoms with van der Waals surface area (Å²) in [7, 11) is 3.43. The van der Waals surface area contributed by atoms with Crippen LogP contribution in [-0.4, -0.2) is 28.8 Å². The second-order valence-corrected chi connectivity index (χ2v) is 11.4. The zero-order valence-electron chi connectivity index (χ0n) is 23.8. The first-order chi connectivity index (χ1) is 20.6. The number of hydrogen-bond donors (Lipinski definition) is 1. The van der Waals surface area contributed by atoms with Crippen molar-refractivity contribution < 1.29 is 9.47 Å². The molecule has 7 aromatic rings. The Morgan fingerprint density at radius 3 is 2.19 bits per heavy atom. The van der Waals surface area contributed by atoms with Crippen molar-refractivity contribution in [2.24, 2.45) is 0 Å². The van der Waals surface area contributed by atoms with E-state index >= 15 is 0 Å². The number of nitrogens with one attached hydrogen (secondary N) is 1. The van der Waals surface area contributed by atoms with Crippen molar-refractivity contribution in [2.75, 3.05) is 14.2 Å². The molecule has 208 valence electrons. The number of H-pyrrole nitrogens is 1. The highest BCUT2D eigenvalue weighted by atomic mass is 32.1. The van der Waals surface area contributed by atoms with Crippen LogP contribution < -0.4 is 9.47 Å². The van der Waals surface area contributed by atoms with Crippen LogP contribution in [0.1, 0.15) is 22.5 Å². The highest BCUT2D eigenvalue weighted by Crippen LogP contribution is 2.42. The zero-order valence-corrected chi connectivity index (χ0v) is 24.7. The van der Waals surface area contributed by atoms with Crippen LogP contribution in [0.15, 0.2) is 102 Å². The highest BCUT2D eigenvalue weighted by molar-refractivity contribution is 7.13. The Morgan fingerprint density at radius 2 is 1.45 bits per heavy atom. The molecule has 0 aliphatic rings. The zero-order chi connectivity index (χ0) is 28.6. The Balaban J connectivity index is 1.45. The molecule has 0 unspecified atom stereocenters. The molecule has 0 amide bonds. The first-order valence-corrected chi connectivity index (χ1v) is 14.9. The molecule has 4 aromatic carbocycles. The van der Waals surface area contributed by atoms with Crippen LogP contribution in [0.3, 0.4) is 0 Å². The van der Waals surface area contributed by atoms with Gasteiger partial charge in [-0.05, 0) is 48.4 Å². The van der Waals surface area contributed by atoms with E-state index in [-0.39, 0.29) is 0 Å². The van der Waals surface area contributed by atoms with Crippen LogP contribution in [0, 0.1) is 6.92 Å². The normalized spacial score (nSPS) is 11.4. The molecule has 42 heavy (non-hydrogen) atoms.